The van der Waals surface area contributed by atoms with Crippen molar-refractivity contribution in [3.05, 3.63) is 28.5 Å². The fraction of sp³-hybridized carbons (Fsp3) is 0.650. The van der Waals surface area contributed by atoms with E-state index in [2.05, 4.69) is 0 Å². The average Bonchev–Trinajstić information content (AvgIpc) is 3.00. The van der Waals surface area contributed by atoms with Gasteiger partial charge >= 0.3 is 10.2 Å². The Morgan fingerprint density at radius 2 is 2.07 bits per heavy atom. The number of nitrogens with one attached hydrogen (secondary N) is 1. The standard InChI is InChI=1S/C20H24ClFN2O5S/c1-28-20-9-11-5-12(10-20)18(14(20)6-11)29-17-8-16(22)13(7-15(17)21)19(25)23-30(26,27)24-3-2-4-24/h7-8,11-12,14,18H,2-6,9-10H2,1H3,(H,23,25)/t11?,12?,14?,18-,20-/m1/s1. The highest BCUT2D eigenvalue weighted by Gasteiger charge is 2.64. The predicted molar refractivity (Wildman–Crippen MR) is 107 cm³/mol. The van der Waals surface area contributed by atoms with Crippen molar-refractivity contribution in [2.45, 2.75) is 43.8 Å². The molecule has 10 heteroatoms. The maximum atomic E-state index is 14.7. The van der Waals surface area contributed by atoms with Crippen LogP contribution in [0.5, 0.6) is 5.75 Å². The predicted octanol–water partition coefficient (Wildman–Crippen LogP) is 2.74. The Labute approximate surface area is 180 Å². The van der Waals surface area contributed by atoms with E-state index >= 15 is 0 Å². The Balaban J connectivity index is 1.34. The molecular weight excluding hydrogens is 435 g/mol. The molecule has 4 saturated carbocycles. The van der Waals surface area contributed by atoms with Crippen LogP contribution >= 0.6 is 11.6 Å². The van der Waals surface area contributed by atoms with Gasteiger partial charge in [0.05, 0.1) is 16.2 Å². The van der Waals surface area contributed by atoms with Gasteiger partial charge in [-0.25, -0.2) is 9.11 Å². The second-order valence-electron chi connectivity index (χ2n) is 8.91. The van der Waals surface area contributed by atoms with Crippen LogP contribution in [0.4, 0.5) is 4.39 Å². The summed E-state index contributed by atoms with van der Waals surface area (Å²) < 4.78 is 54.0. The minimum absolute atomic E-state index is 0.0756. The number of rotatable bonds is 6. The van der Waals surface area contributed by atoms with E-state index in [9.17, 15) is 17.6 Å². The van der Waals surface area contributed by atoms with Crippen molar-refractivity contribution in [2.75, 3.05) is 20.2 Å². The van der Waals surface area contributed by atoms with Gasteiger partial charge in [0, 0.05) is 32.2 Å². The van der Waals surface area contributed by atoms with Gasteiger partial charge in [-0.15, -0.1) is 0 Å². The lowest BCUT2D eigenvalue weighted by Crippen LogP contribution is -2.49. The van der Waals surface area contributed by atoms with Crippen LogP contribution in [0.3, 0.4) is 0 Å². The molecule has 5 fully saturated rings. The molecule has 6 rings (SSSR count). The average molecular weight is 459 g/mol. The maximum Gasteiger partial charge on any atom is 0.304 e. The van der Waals surface area contributed by atoms with E-state index in [-0.39, 0.29) is 28.4 Å². The van der Waals surface area contributed by atoms with E-state index < -0.39 is 27.5 Å². The summed E-state index contributed by atoms with van der Waals surface area (Å²) in [5.74, 6) is -0.519. The Bertz CT molecular complexity index is 1000. The summed E-state index contributed by atoms with van der Waals surface area (Å²) in [7, 11) is -2.23. The zero-order valence-electron chi connectivity index (χ0n) is 16.6. The molecule has 5 aliphatic rings. The Morgan fingerprint density at radius 1 is 1.30 bits per heavy atom. The monoisotopic (exact) mass is 458 g/mol. The van der Waals surface area contributed by atoms with Crippen LogP contribution in [0.15, 0.2) is 12.1 Å². The smallest absolute Gasteiger partial charge is 0.304 e. The van der Waals surface area contributed by atoms with Gasteiger partial charge in [0.15, 0.2) is 0 Å². The number of halogens is 2. The van der Waals surface area contributed by atoms with Gasteiger partial charge in [0.25, 0.3) is 5.91 Å². The first kappa shape index (κ1) is 20.5. The number of carbonyl (C=O) groups excluding carboxylic acids is 1. The van der Waals surface area contributed by atoms with Gasteiger partial charge < -0.3 is 9.47 Å². The molecule has 4 aliphatic carbocycles. The molecule has 4 bridgehead atoms. The van der Waals surface area contributed by atoms with Crippen LogP contribution in [0.1, 0.15) is 42.5 Å². The number of hydrogen-bond acceptors (Lipinski definition) is 5. The zero-order valence-corrected chi connectivity index (χ0v) is 18.1. The number of ether oxygens (including phenoxy) is 2. The van der Waals surface area contributed by atoms with Crippen molar-refractivity contribution in [1.29, 1.82) is 0 Å². The minimum atomic E-state index is -3.97. The molecule has 1 heterocycles. The zero-order chi connectivity index (χ0) is 21.3. The summed E-state index contributed by atoms with van der Waals surface area (Å²) in [5, 5.41) is 0.0756. The molecule has 1 aromatic carbocycles. The summed E-state index contributed by atoms with van der Waals surface area (Å²) in [5.41, 5.74) is -0.590. The Morgan fingerprint density at radius 3 is 2.73 bits per heavy atom. The van der Waals surface area contributed by atoms with Crippen molar-refractivity contribution < 1.29 is 27.1 Å². The van der Waals surface area contributed by atoms with Crippen LogP contribution in [-0.2, 0) is 14.9 Å². The molecular formula is C20H24ClFN2O5S. The van der Waals surface area contributed by atoms with E-state index in [1.54, 1.807) is 7.11 Å². The van der Waals surface area contributed by atoms with Crippen molar-refractivity contribution in [3.63, 3.8) is 0 Å². The molecule has 30 heavy (non-hydrogen) atoms. The summed E-state index contributed by atoms with van der Waals surface area (Å²) in [4.78, 5) is 12.3. The first-order chi connectivity index (χ1) is 14.2. The van der Waals surface area contributed by atoms with Crippen molar-refractivity contribution in [3.8, 4) is 5.75 Å². The quantitative estimate of drug-likeness (QED) is 0.708. The highest BCUT2D eigenvalue weighted by Crippen LogP contribution is 2.62. The molecule has 3 unspecified atom stereocenters. The highest BCUT2D eigenvalue weighted by molar-refractivity contribution is 7.87. The fourth-order valence-corrected chi connectivity index (χ4v) is 7.30. The van der Waals surface area contributed by atoms with Gasteiger partial charge in [-0.1, -0.05) is 11.6 Å². The van der Waals surface area contributed by atoms with Crippen LogP contribution < -0.4 is 9.46 Å². The molecule has 0 spiro atoms. The van der Waals surface area contributed by atoms with E-state index in [0.29, 0.717) is 24.9 Å². The van der Waals surface area contributed by atoms with Crippen molar-refractivity contribution >= 4 is 27.7 Å². The number of carbonyl (C=O) groups is 1. The third-order valence-corrected chi connectivity index (χ3v) is 9.10. The van der Waals surface area contributed by atoms with Gasteiger partial charge in [-0.3, -0.25) is 4.79 Å². The minimum Gasteiger partial charge on any atom is -0.488 e. The van der Waals surface area contributed by atoms with Gasteiger partial charge in [0.2, 0.25) is 0 Å². The van der Waals surface area contributed by atoms with Crippen LogP contribution in [0.2, 0.25) is 5.02 Å². The van der Waals surface area contributed by atoms with Crippen LogP contribution in [0.25, 0.3) is 0 Å². The van der Waals surface area contributed by atoms with E-state index in [1.807, 2.05) is 4.72 Å². The molecule has 0 aromatic heterocycles. The SMILES string of the molecule is CO[C@]12CC3CC(C1)[C@@H](Oc1cc(F)c(C(=O)NS(=O)(=O)N4CCC4)cc1Cl)C2C3. The topological polar surface area (TPSA) is 84.9 Å². The summed E-state index contributed by atoms with van der Waals surface area (Å²) in [6.45, 7) is 0.679. The molecule has 164 valence electrons. The second kappa shape index (κ2) is 7.05. The largest absolute Gasteiger partial charge is 0.488 e. The summed E-state index contributed by atoms with van der Waals surface area (Å²) in [6.07, 6.45) is 4.70. The molecule has 5 atom stereocenters. The third kappa shape index (κ3) is 3.13. The molecule has 1 N–H and O–H groups in total. The molecule has 1 aliphatic heterocycles. The molecule has 0 radical (unpaired) electrons. The molecule has 1 amide bonds. The highest BCUT2D eigenvalue weighted by atomic mass is 35.5. The normalized spacial score (nSPS) is 34.8. The van der Waals surface area contributed by atoms with Crippen molar-refractivity contribution in [2.24, 2.45) is 17.8 Å². The Hall–Kier alpha value is -1.42. The van der Waals surface area contributed by atoms with E-state index in [1.165, 1.54) is 0 Å². The number of hydrogen-bond donors (Lipinski definition) is 1. The number of methoxy groups -OCH3 is 1. The van der Waals surface area contributed by atoms with Crippen molar-refractivity contribution in [1.82, 2.24) is 9.03 Å². The lowest BCUT2D eigenvalue weighted by Gasteiger charge is -2.32. The molecule has 1 saturated heterocycles. The third-order valence-electron chi connectivity index (χ3n) is 7.31. The molecule has 7 nitrogen and oxygen atoms in total. The second-order valence-corrected chi connectivity index (χ2v) is 11.0. The van der Waals surface area contributed by atoms with Gasteiger partial charge in [-0.05, 0) is 50.0 Å². The lowest BCUT2D eigenvalue weighted by atomic mass is 9.80. The van der Waals surface area contributed by atoms with Crippen LogP contribution in [0, 0.1) is 23.6 Å². The summed E-state index contributed by atoms with van der Waals surface area (Å²) >= 11 is 6.31. The van der Waals surface area contributed by atoms with Gasteiger partial charge in [-0.2, -0.15) is 12.7 Å². The Kier molecular flexibility index (Phi) is 4.81. The van der Waals surface area contributed by atoms with E-state index in [4.69, 9.17) is 21.1 Å². The van der Waals surface area contributed by atoms with E-state index in [0.717, 1.165) is 48.5 Å². The molecule has 1 aromatic rings. The number of amides is 1. The van der Waals surface area contributed by atoms with Crippen LogP contribution in [-0.4, -0.2) is 50.5 Å². The lowest BCUT2D eigenvalue weighted by molar-refractivity contribution is -0.0412. The maximum absolute atomic E-state index is 14.7. The number of nitrogens with zero attached hydrogens (tertiary/aromatic N) is 1. The number of benzene rings is 1. The fourth-order valence-electron chi connectivity index (χ4n) is 5.88. The first-order valence-corrected chi connectivity index (χ1v) is 12.1. The van der Waals surface area contributed by atoms with Gasteiger partial charge in [0.1, 0.15) is 17.7 Å². The summed E-state index contributed by atoms with van der Waals surface area (Å²) in [6, 6.07) is 2.20. The first-order valence-electron chi connectivity index (χ1n) is 10.3.